The van der Waals surface area contributed by atoms with Crippen molar-refractivity contribution in [3.63, 3.8) is 0 Å². The zero-order valence-corrected chi connectivity index (χ0v) is 13.6. The van der Waals surface area contributed by atoms with Crippen LogP contribution in [0.3, 0.4) is 0 Å². The fraction of sp³-hybridized carbons (Fsp3) is 0.867. The van der Waals surface area contributed by atoms with Gasteiger partial charge in [-0.2, -0.15) is 0 Å². The van der Waals surface area contributed by atoms with Gasteiger partial charge in [-0.25, -0.2) is 9.59 Å². The van der Waals surface area contributed by atoms with Gasteiger partial charge in [-0.1, -0.05) is 27.2 Å². The molecule has 0 aromatic rings. The SMILES string of the molecule is CC(CN1CCCCC1)NC(=O)N[C@@H](C(=O)O)C(C)(C)C. The first-order chi connectivity index (χ1) is 9.70. The number of carboxylic acid groups (broad SMARTS) is 1. The van der Waals surface area contributed by atoms with Gasteiger partial charge in [-0.3, -0.25) is 0 Å². The van der Waals surface area contributed by atoms with E-state index in [9.17, 15) is 14.7 Å². The maximum atomic E-state index is 12.0. The topological polar surface area (TPSA) is 81.7 Å². The number of urea groups is 1. The molecule has 1 unspecified atom stereocenters. The second-order valence-corrected chi connectivity index (χ2v) is 7.02. The van der Waals surface area contributed by atoms with E-state index in [-0.39, 0.29) is 6.04 Å². The van der Waals surface area contributed by atoms with Crippen LogP contribution in [0.25, 0.3) is 0 Å². The largest absolute Gasteiger partial charge is 0.480 e. The minimum Gasteiger partial charge on any atom is -0.480 e. The lowest BCUT2D eigenvalue weighted by atomic mass is 9.87. The van der Waals surface area contributed by atoms with Crippen LogP contribution in [-0.4, -0.2) is 53.7 Å². The van der Waals surface area contributed by atoms with E-state index in [0.29, 0.717) is 0 Å². The van der Waals surface area contributed by atoms with Gasteiger partial charge < -0.3 is 20.6 Å². The first-order valence-electron chi connectivity index (χ1n) is 7.72. The highest BCUT2D eigenvalue weighted by atomic mass is 16.4. The molecule has 0 saturated carbocycles. The standard InChI is InChI=1S/C15H29N3O3/c1-11(10-18-8-6-5-7-9-18)16-14(21)17-12(13(19)20)15(2,3)4/h11-12H,5-10H2,1-4H3,(H,19,20)(H2,16,17,21)/t11?,12-/m0/s1. The molecule has 1 saturated heterocycles. The molecule has 2 amide bonds. The number of hydrogen-bond acceptors (Lipinski definition) is 3. The molecule has 0 bridgehead atoms. The highest BCUT2D eigenvalue weighted by Gasteiger charge is 2.32. The van der Waals surface area contributed by atoms with Crippen LogP contribution in [0.1, 0.15) is 47.0 Å². The average Bonchev–Trinajstić information content (AvgIpc) is 2.35. The first kappa shape index (κ1) is 17.8. The third kappa shape index (κ3) is 6.33. The summed E-state index contributed by atoms with van der Waals surface area (Å²) in [5.41, 5.74) is -0.528. The van der Waals surface area contributed by atoms with E-state index in [1.165, 1.54) is 19.3 Å². The Bertz CT molecular complexity index is 360. The highest BCUT2D eigenvalue weighted by molar-refractivity contribution is 5.83. The number of carboxylic acids is 1. The van der Waals surface area contributed by atoms with Crippen LogP contribution in [0.5, 0.6) is 0 Å². The maximum absolute atomic E-state index is 12.0. The van der Waals surface area contributed by atoms with Crippen molar-refractivity contribution in [3.05, 3.63) is 0 Å². The fourth-order valence-corrected chi connectivity index (χ4v) is 2.62. The van der Waals surface area contributed by atoms with Crippen LogP contribution < -0.4 is 10.6 Å². The van der Waals surface area contributed by atoms with Gasteiger partial charge in [0.25, 0.3) is 0 Å². The van der Waals surface area contributed by atoms with Gasteiger partial charge in [-0.15, -0.1) is 0 Å². The number of amides is 2. The number of rotatable bonds is 5. The Hall–Kier alpha value is -1.30. The van der Waals surface area contributed by atoms with Crippen molar-refractivity contribution in [1.82, 2.24) is 15.5 Å². The van der Waals surface area contributed by atoms with Crippen LogP contribution in [0.15, 0.2) is 0 Å². The third-order valence-electron chi connectivity index (χ3n) is 3.75. The molecule has 122 valence electrons. The van der Waals surface area contributed by atoms with E-state index in [1.54, 1.807) is 20.8 Å². The summed E-state index contributed by atoms with van der Waals surface area (Å²) >= 11 is 0. The minimum absolute atomic E-state index is 0.00230. The molecule has 1 aliphatic rings. The lowest BCUT2D eigenvalue weighted by Gasteiger charge is -2.31. The van der Waals surface area contributed by atoms with E-state index in [1.807, 2.05) is 6.92 Å². The van der Waals surface area contributed by atoms with Gasteiger partial charge in [0.15, 0.2) is 0 Å². The Kier molecular flexibility index (Phi) is 6.45. The highest BCUT2D eigenvalue weighted by Crippen LogP contribution is 2.19. The molecule has 6 nitrogen and oxygen atoms in total. The number of carbonyl (C=O) groups is 2. The van der Waals surface area contributed by atoms with Crippen LogP contribution in [0.2, 0.25) is 0 Å². The Morgan fingerprint density at radius 1 is 1.14 bits per heavy atom. The van der Waals surface area contributed by atoms with Gasteiger partial charge in [0.05, 0.1) is 0 Å². The summed E-state index contributed by atoms with van der Waals surface area (Å²) in [6, 6.07) is -1.32. The van der Waals surface area contributed by atoms with Gasteiger partial charge in [0.2, 0.25) is 0 Å². The van der Waals surface area contributed by atoms with Crippen molar-refractivity contribution in [3.8, 4) is 0 Å². The second-order valence-electron chi connectivity index (χ2n) is 7.02. The summed E-state index contributed by atoms with van der Waals surface area (Å²) in [4.78, 5) is 25.5. The quantitative estimate of drug-likeness (QED) is 0.721. The maximum Gasteiger partial charge on any atom is 0.326 e. The molecule has 0 radical (unpaired) electrons. The summed E-state index contributed by atoms with van der Waals surface area (Å²) in [7, 11) is 0. The minimum atomic E-state index is -1.01. The molecule has 0 aromatic heterocycles. The lowest BCUT2D eigenvalue weighted by Crippen LogP contribution is -2.55. The summed E-state index contributed by atoms with van der Waals surface area (Å²) < 4.78 is 0. The summed E-state index contributed by atoms with van der Waals surface area (Å²) in [6.45, 7) is 10.3. The predicted molar refractivity (Wildman–Crippen MR) is 82.3 cm³/mol. The summed E-state index contributed by atoms with van der Waals surface area (Å²) in [5.74, 6) is -1.01. The Morgan fingerprint density at radius 2 is 1.71 bits per heavy atom. The second kappa shape index (κ2) is 7.64. The van der Waals surface area contributed by atoms with Crippen molar-refractivity contribution in [2.24, 2.45) is 5.41 Å². The molecule has 1 aliphatic heterocycles. The van der Waals surface area contributed by atoms with Crippen molar-refractivity contribution >= 4 is 12.0 Å². The van der Waals surface area contributed by atoms with Crippen LogP contribution in [0, 0.1) is 5.41 Å². The van der Waals surface area contributed by atoms with E-state index >= 15 is 0 Å². The average molecular weight is 299 g/mol. The van der Waals surface area contributed by atoms with Gasteiger partial charge >= 0.3 is 12.0 Å². The summed E-state index contributed by atoms with van der Waals surface area (Å²) in [6.07, 6.45) is 3.71. The van der Waals surface area contributed by atoms with E-state index < -0.39 is 23.5 Å². The molecule has 1 fully saturated rings. The van der Waals surface area contributed by atoms with Crippen LogP contribution in [0.4, 0.5) is 4.79 Å². The van der Waals surface area contributed by atoms with Crippen molar-refractivity contribution in [2.75, 3.05) is 19.6 Å². The summed E-state index contributed by atoms with van der Waals surface area (Å²) in [5, 5.41) is 14.6. The zero-order valence-electron chi connectivity index (χ0n) is 13.6. The predicted octanol–water partition coefficient (Wildman–Crippen LogP) is 1.66. The van der Waals surface area contributed by atoms with E-state index in [2.05, 4.69) is 15.5 Å². The number of aliphatic carboxylic acids is 1. The zero-order chi connectivity index (χ0) is 16.0. The number of carbonyl (C=O) groups excluding carboxylic acids is 1. The smallest absolute Gasteiger partial charge is 0.326 e. The molecule has 0 aromatic carbocycles. The van der Waals surface area contributed by atoms with Crippen LogP contribution in [-0.2, 0) is 4.79 Å². The Balaban J connectivity index is 2.42. The molecule has 6 heteroatoms. The normalized spacial score (nSPS) is 19.6. The molecule has 0 spiro atoms. The van der Waals surface area contributed by atoms with Crippen molar-refractivity contribution in [2.45, 2.75) is 59.0 Å². The number of piperidine rings is 1. The van der Waals surface area contributed by atoms with E-state index in [0.717, 1.165) is 19.6 Å². The van der Waals surface area contributed by atoms with Gasteiger partial charge in [0.1, 0.15) is 6.04 Å². The molecule has 1 heterocycles. The molecule has 3 N–H and O–H groups in total. The number of hydrogen-bond donors (Lipinski definition) is 3. The van der Waals surface area contributed by atoms with Gasteiger partial charge in [0, 0.05) is 12.6 Å². The van der Waals surface area contributed by atoms with Crippen LogP contribution >= 0.6 is 0 Å². The number of nitrogens with zero attached hydrogens (tertiary/aromatic N) is 1. The first-order valence-corrected chi connectivity index (χ1v) is 7.72. The molecular formula is C15H29N3O3. The van der Waals surface area contributed by atoms with Crippen molar-refractivity contribution in [1.29, 1.82) is 0 Å². The number of nitrogens with one attached hydrogen (secondary N) is 2. The van der Waals surface area contributed by atoms with Crippen molar-refractivity contribution < 1.29 is 14.7 Å². The molecule has 2 atom stereocenters. The monoisotopic (exact) mass is 299 g/mol. The lowest BCUT2D eigenvalue weighted by molar-refractivity contribution is -0.141. The fourth-order valence-electron chi connectivity index (χ4n) is 2.62. The van der Waals surface area contributed by atoms with E-state index in [4.69, 9.17) is 0 Å². The Morgan fingerprint density at radius 3 is 2.19 bits per heavy atom. The molecule has 21 heavy (non-hydrogen) atoms. The molecular weight excluding hydrogens is 270 g/mol. The Labute approximate surface area is 127 Å². The number of likely N-dealkylation sites (tertiary alicyclic amines) is 1. The third-order valence-corrected chi connectivity index (χ3v) is 3.75. The molecule has 0 aliphatic carbocycles. The van der Waals surface area contributed by atoms with Gasteiger partial charge in [-0.05, 0) is 38.3 Å². The molecule has 1 rings (SSSR count).